The van der Waals surface area contributed by atoms with Gasteiger partial charge in [0.05, 0.1) is 6.61 Å². The fraction of sp³-hybridized carbons (Fsp3) is 0.385. The second kappa shape index (κ2) is 7.30. The van der Waals surface area contributed by atoms with Crippen LogP contribution in [-0.4, -0.2) is 28.8 Å². The van der Waals surface area contributed by atoms with E-state index in [1.165, 1.54) is 0 Å². The minimum Gasteiger partial charge on any atom is -0.395 e. The molecule has 96 valence electrons. The lowest BCUT2D eigenvalue weighted by atomic mass is 10.2. The molecule has 0 spiro atoms. The molecule has 0 atom stereocenters. The van der Waals surface area contributed by atoms with Crippen molar-refractivity contribution >= 4 is 11.8 Å². The Morgan fingerprint density at radius 1 is 1.56 bits per heavy atom. The Labute approximate surface area is 107 Å². The first kappa shape index (κ1) is 14.0. The Morgan fingerprint density at radius 2 is 2.33 bits per heavy atom. The van der Waals surface area contributed by atoms with Gasteiger partial charge in [0.1, 0.15) is 5.82 Å². The number of aliphatic hydroxyl groups is 1. The maximum Gasteiger partial charge on any atom is 0.320 e. The van der Waals surface area contributed by atoms with Crippen molar-refractivity contribution < 1.29 is 9.90 Å². The third kappa shape index (κ3) is 5.32. The largest absolute Gasteiger partial charge is 0.395 e. The number of rotatable bonds is 3. The number of urea groups is 1. The summed E-state index contributed by atoms with van der Waals surface area (Å²) in [5.74, 6) is 6.13. The lowest BCUT2D eigenvalue weighted by Crippen LogP contribution is -2.34. The van der Waals surface area contributed by atoms with E-state index in [4.69, 9.17) is 5.11 Å². The summed E-state index contributed by atoms with van der Waals surface area (Å²) in [6.45, 7) is 3.80. The van der Waals surface area contributed by atoms with Gasteiger partial charge in [-0.25, -0.2) is 9.78 Å². The summed E-state index contributed by atoms with van der Waals surface area (Å²) < 4.78 is 0. The van der Waals surface area contributed by atoms with Crippen LogP contribution in [0.2, 0.25) is 0 Å². The van der Waals surface area contributed by atoms with Crippen molar-refractivity contribution in [1.82, 2.24) is 10.3 Å². The van der Waals surface area contributed by atoms with Gasteiger partial charge in [-0.15, -0.1) is 0 Å². The van der Waals surface area contributed by atoms with E-state index in [2.05, 4.69) is 27.5 Å². The number of nitrogens with zero attached hydrogens (tertiary/aromatic N) is 1. The van der Waals surface area contributed by atoms with Gasteiger partial charge >= 0.3 is 6.03 Å². The SMILES string of the molecule is CC(C)NC(=O)Nc1cc(C#CCCO)ccn1. The van der Waals surface area contributed by atoms with Crippen LogP contribution in [0.4, 0.5) is 10.6 Å². The third-order valence-corrected chi connectivity index (χ3v) is 1.89. The van der Waals surface area contributed by atoms with E-state index in [9.17, 15) is 4.79 Å². The van der Waals surface area contributed by atoms with E-state index < -0.39 is 0 Å². The molecule has 1 aromatic heterocycles. The zero-order valence-electron chi connectivity index (χ0n) is 10.5. The predicted molar refractivity (Wildman–Crippen MR) is 70.1 cm³/mol. The highest BCUT2D eigenvalue weighted by Crippen LogP contribution is 2.05. The molecule has 0 bridgehead atoms. The number of pyridine rings is 1. The van der Waals surface area contributed by atoms with Gasteiger partial charge in [0.15, 0.2) is 0 Å². The molecule has 0 saturated heterocycles. The predicted octanol–water partition coefficient (Wildman–Crippen LogP) is 1.35. The lowest BCUT2D eigenvalue weighted by Gasteiger charge is -2.09. The van der Waals surface area contributed by atoms with Gasteiger partial charge in [-0.05, 0) is 26.0 Å². The van der Waals surface area contributed by atoms with Crippen LogP contribution in [0.25, 0.3) is 0 Å². The van der Waals surface area contributed by atoms with Crippen LogP contribution < -0.4 is 10.6 Å². The summed E-state index contributed by atoms with van der Waals surface area (Å²) in [6.07, 6.45) is 2.01. The lowest BCUT2D eigenvalue weighted by molar-refractivity contribution is 0.250. The van der Waals surface area contributed by atoms with Gasteiger partial charge in [0, 0.05) is 24.2 Å². The topological polar surface area (TPSA) is 74.2 Å². The normalized spacial score (nSPS) is 9.56. The molecule has 0 radical (unpaired) electrons. The van der Waals surface area contributed by atoms with Crippen LogP contribution in [-0.2, 0) is 0 Å². The first-order valence-electron chi connectivity index (χ1n) is 5.75. The number of nitrogens with one attached hydrogen (secondary N) is 2. The van der Waals surface area contributed by atoms with Crippen LogP contribution in [0.1, 0.15) is 25.8 Å². The Hall–Kier alpha value is -2.06. The van der Waals surface area contributed by atoms with Crippen LogP contribution in [0.15, 0.2) is 18.3 Å². The third-order valence-electron chi connectivity index (χ3n) is 1.89. The minimum absolute atomic E-state index is 0.0417. The highest BCUT2D eigenvalue weighted by molar-refractivity contribution is 5.88. The van der Waals surface area contributed by atoms with Gasteiger partial charge < -0.3 is 10.4 Å². The molecule has 3 N–H and O–H groups in total. The van der Waals surface area contributed by atoms with Crippen LogP contribution in [0.5, 0.6) is 0 Å². The number of anilines is 1. The first-order valence-corrected chi connectivity index (χ1v) is 5.75. The van der Waals surface area contributed by atoms with Crippen LogP contribution >= 0.6 is 0 Å². The van der Waals surface area contributed by atoms with Crippen molar-refractivity contribution in [2.45, 2.75) is 26.3 Å². The molecular weight excluding hydrogens is 230 g/mol. The molecule has 0 aliphatic rings. The molecule has 2 amide bonds. The quantitative estimate of drug-likeness (QED) is 0.706. The molecule has 1 aromatic rings. The van der Waals surface area contributed by atoms with Crippen LogP contribution in [0.3, 0.4) is 0 Å². The van der Waals surface area contributed by atoms with E-state index in [0.717, 1.165) is 5.56 Å². The molecule has 5 nitrogen and oxygen atoms in total. The van der Waals surface area contributed by atoms with E-state index >= 15 is 0 Å². The number of hydrogen-bond acceptors (Lipinski definition) is 3. The fourth-order valence-corrected chi connectivity index (χ4v) is 1.21. The van der Waals surface area contributed by atoms with Crippen molar-refractivity contribution in [1.29, 1.82) is 0 Å². The molecule has 0 saturated carbocycles. The zero-order chi connectivity index (χ0) is 13.4. The maximum absolute atomic E-state index is 11.5. The average molecular weight is 247 g/mol. The van der Waals surface area contributed by atoms with Crippen molar-refractivity contribution in [3.63, 3.8) is 0 Å². The molecule has 1 heterocycles. The number of aromatic nitrogens is 1. The first-order chi connectivity index (χ1) is 8.61. The molecule has 0 aliphatic heterocycles. The molecule has 0 unspecified atom stereocenters. The molecule has 5 heteroatoms. The number of hydrogen-bond donors (Lipinski definition) is 3. The number of carbonyl (C=O) groups excluding carboxylic acids is 1. The molecule has 1 rings (SSSR count). The van der Waals surface area contributed by atoms with Gasteiger partial charge in [-0.3, -0.25) is 5.32 Å². The molecular formula is C13H17N3O2. The summed E-state index contributed by atoms with van der Waals surface area (Å²) in [5, 5.41) is 14.0. The molecule has 0 aromatic carbocycles. The maximum atomic E-state index is 11.5. The van der Waals surface area contributed by atoms with Crippen molar-refractivity contribution in [3.8, 4) is 11.8 Å². The second-order valence-electron chi connectivity index (χ2n) is 3.96. The zero-order valence-corrected chi connectivity index (χ0v) is 10.5. The Balaban J connectivity index is 2.65. The average Bonchev–Trinajstić information content (AvgIpc) is 2.28. The molecule has 18 heavy (non-hydrogen) atoms. The van der Waals surface area contributed by atoms with Gasteiger partial charge in [0.2, 0.25) is 0 Å². The van der Waals surface area contributed by atoms with E-state index in [-0.39, 0.29) is 18.7 Å². The van der Waals surface area contributed by atoms with E-state index in [1.54, 1.807) is 18.3 Å². The van der Waals surface area contributed by atoms with Crippen molar-refractivity contribution in [2.75, 3.05) is 11.9 Å². The van der Waals surface area contributed by atoms with Crippen molar-refractivity contribution in [3.05, 3.63) is 23.9 Å². The standard InChI is InChI=1S/C13H17N3O2/c1-10(2)15-13(18)16-12-9-11(6-7-14-12)5-3-4-8-17/h6-7,9-10,17H,4,8H2,1-2H3,(H2,14,15,16,18). The van der Waals surface area contributed by atoms with Gasteiger partial charge in [0.25, 0.3) is 0 Å². The summed E-state index contributed by atoms with van der Waals surface area (Å²) in [6, 6.07) is 3.20. The Bertz CT molecular complexity index is 461. The summed E-state index contributed by atoms with van der Waals surface area (Å²) in [4.78, 5) is 15.5. The molecule has 0 fully saturated rings. The number of carbonyl (C=O) groups is 1. The second-order valence-corrected chi connectivity index (χ2v) is 3.96. The smallest absolute Gasteiger partial charge is 0.320 e. The number of aliphatic hydroxyl groups excluding tert-OH is 1. The highest BCUT2D eigenvalue weighted by atomic mass is 16.2. The highest BCUT2D eigenvalue weighted by Gasteiger charge is 2.03. The summed E-state index contributed by atoms with van der Waals surface area (Å²) in [5.41, 5.74) is 0.748. The Morgan fingerprint density at radius 3 is 3.00 bits per heavy atom. The van der Waals surface area contributed by atoms with Gasteiger partial charge in [-0.2, -0.15) is 0 Å². The number of amides is 2. The Kier molecular flexibility index (Phi) is 5.68. The van der Waals surface area contributed by atoms with E-state index in [0.29, 0.717) is 12.2 Å². The van der Waals surface area contributed by atoms with Gasteiger partial charge in [-0.1, -0.05) is 11.8 Å². The molecule has 0 aliphatic carbocycles. The van der Waals surface area contributed by atoms with E-state index in [1.807, 2.05) is 13.8 Å². The summed E-state index contributed by atoms with van der Waals surface area (Å²) in [7, 11) is 0. The monoisotopic (exact) mass is 247 g/mol. The fourth-order valence-electron chi connectivity index (χ4n) is 1.21. The van der Waals surface area contributed by atoms with Crippen molar-refractivity contribution in [2.24, 2.45) is 0 Å². The summed E-state index contributed by atoms with van der Waals surface area (Å²) >= 11 is 0. The minimum atomic E-state index is -0.294. The van der Waals surface area contributed by atoms with Crippen LogP contribution in [0, 0.1) is 11.8 Å².